The van der Waals surface area contributed by atoms with Gasteiger partial charge in [-0.25, -0.2) is 0 Å². The molecule has 1 aromatic rings. The van der Waals surface area contributed by atoms with Crippen LogP contribution in [-0.4, -0.2) is 31.2 Å². The van der Waals surface area contributed by atoms with Gasteiger partial charge in [-0.2, -0.15) is 0 Å². The van der Waals surface area contributed by atoms with Crippen molar-refractivity contribution in [2.45, 2.75) is 50.5 Å². The molecule has 4 nitrogen and oxygen atoms in total. The van der Waals surface area contributed by atoms with E-state index in [0.29, 0.717) is 31.2 Å². The van der Waals surface area contributed by atoms with Crippen LogP contribution >= 0.6 is 11.6 Å². The summed E-state index contributed by atoms with van der Waals surface area (Å²) in [6.45, 7) is 5.77. The monoisotopic (exact) mass is 338 g/mol. The van der Waals surface area contributed by atoms with Crippen molar-refractivity contribution >= 4 is 17.5 Å². The molecule has 1 heterocycles. The molecular formula is C18H27ClN2O2. The molecule has 128 valence electrons. The highest BCUT2D eigenvalue weighted by atomic mass is 35.5. The Morgan fingerprint density at radius 3 is 2.74 bits per heavy atom. The van der Waals surface area contributed by atoms with Crippen LogP contribution in [0.1, 0.15) is 45.1 Å². The largest absolute Gasteiger partial charge is 0.381 e. The molecule has 1 fully saturated rings. The zero-order valence-corrected chi connectivity index (χ0v) is 14.8. The second-order valence-electron chi connectivity index (χ2n) is 6.75. The molecule has 1 aromatic carbocycles. The summed E-state index contributed by atoms with van der Waals surface area (Å²) in [4.78, 5) is 12.4. The Kier molecular flexibility index (Phi) is 6.06. The molecule has 1 aliphatic heterocycles. The minimum atomic E-state index is -0.824. The maximum Gasteiger partial charge on any atom is 0.239 e. The summed E-state index contributed by atoms with van der Waals surface area (Å²) in [6, 6.07) is 7.90. The van der Waals surface area contributed by atoms with E-state index < -0.39 is 5.54 Å². The molecule has 23 heavy (non-hydrogen) atoms. The maximum atomic E-state index is 12.4. The average molecular weight is 339 g/mol. The Hall–Kier alpha value is -1.10. The van der Waals surface area contributed by atoms with Crippen LogP contribution in [0.15, 0.2) is 24.3 Å². The Labute approximate surface area is 143 Å². The molecule has 1 amide bonds. The number of amides is 1. The van der Waals surface area contributed by atoms with Gasteiger partial charge in [0.25, 0.3) is 0 Å². The van der Waals surface area contributed by atoms with Gasteiger partial charge < -0.3 is 15.8 Å². The van der Waals surface area contributed by atoms with E-state index in [1.54, 1.807) is 6.92 Å². The quantitative estimate of drug-likeness (QED) is 0.838. The Balaban J connectivity index is 2.15. The number of rotatable bonds is 6. The number of benzene rings is 1. The summed E-state index contributed by atoms with van der Waals surface area (Å²) in [5.74, 6) is -0.0905. The first-order valence-electron chi connectivity index (χ1n) is 8.31. The minimum absolute atomic E-state index is 0.0905. The van der Waals surface area contributed by atoms with Gasteiger partial charge >= 0.3 is 0 Å². The predicted octanol–water partition coefficient (Wildman–Crippen LogP) is 3.02. The van der Waals surface area contributed by atoms with Crippen LogP contribution < -0.4 is 11.1 Å². The van der Waals surface area contributed by atoms with Crippen molar-refractivity contribution in [3.05, 3.63) is 34.9 Å². The number of hydrogen-bond acceptors (Lipinski definition) is 3. The van der Waals surface area contributed by atoms with Crippen molar-refractivity contribution in [3.63, 3.8) is 0 Å². The minimum Gasteiger partial charge on any atom is -0.381 e. The fourth-order valence-corrected chi connectivity index (χ4v) is 3.42. The van der Waals surface area contributed by atoms with E-state index in [-0.39, 0.29) is 11.3 Å². The Morgan fingerprint density at radius 2 is 2.13 bits per heavy atom. The molecule has 0 saturated carbocycles. The lowest BCUT2D eigenvalue weighted by atomic mass is 9.74. The first-order chi connectivity index (χ1) is 10.9. The van der Waals surface area contributed by atoms with Crippen LogP contribution in [0.4, 0.5) is 0 Å². The molecule has 0 aliphatic carbocycles. The van der Waals surface area contributed by atoms with Gasteiger partial charge in [-0.1, -0.05) is 37.1 Å². The number of carbonyl (C=O) groups excluding carboxylic acids is 1. The van der Waals surface area contributed by atoms with E-state index in [0.717, 1.165) is 24.8 Å². The van der Waals surface area contributed by atoms with Gasteiger partial charge in [-0.3, -0.25) is 4.79 Å². The molecular weight excluding hydrogens is 312 g/mol. The lowest BCUT2D eigenvalue weighted by Gasteiger charge is -2.39. The number of ether oxygens (including phenoxy) is 1. The first-order valence-corrected chi connectivity index (χ1v) is 8.68. The first kappa shape index (κ1) is 18.2. The Morgan fingerprint density at radius 1 is 1.43 bits per heavy atom. The van der Waals surface area contributed by atoms with E-state index >= 15 is 0 Å². The zero-order chi connectivity index (χ0) is 16.9. The second-order valence-corrected chi connectivity index (χ2v) is 7.19. The van der Waals surface area contributed by atoms with Crippen LogP contribution in [-0.2, 0) is 14.9 Å². The average Bonchev–Trinajstić information content (AvgIpc) is 2.53. The molecule has 3 N–H and O–H groups in total. The number of carbonyl (C=O) groups is 1. The summed E-state index contributed by atoms with van der Waals surface area (Å²) in [5.41, 5.74) is 6.33. The predicted molar refractivity (Wildman–Crippen MR) is 93.7 cm³/mol. The van der Waals surface area contributed by atoms with Crippen LogP contribution in [0.5, 0.6) is 0 Å². The van der Waals surface area contributed by atoms with Gasteiger partial charge in [0, 0.05) is 30.2 Å². The van der Waals surface area contributed by atoms with Gasteiger partial charge in [0.1, 0.15) is 0 Å². The van der Waals surface area contributed by atoms with Crippen molar-refractivity contribution < 1.29 is 9.53 Å². The number of halogens is 1. The number of hydrogen-bond donors (Lipinski definition) is 2. The third-order valence-electron chi connectivity index (χ3n) is 4.76. The van der Waals surface area contributed by atoms with E-state index in [1.807, 2.05) is 25.1 Å². The molecule has 5 heteroatoms. The van der Waals surface area contributed by atoms with Crippen LogP contribution in [0.2, 0.25) is 5.02 Å². The third kappa shape index (κ3) is 4.46. The zero-order valence-electron chi connectivity index (χ0n) is 14.0. The van der Waals surface area contributed by atoms with Gasteiger partial charge in [0.05, 0.1) is 5.54 Å². The van der Waals surface area contributed by atoms with Crippen molar-refractivity contribution in [2.75, 3.05) is 19.8 Å². The SMILES string of the molecule is CCCC(C)(N)C(=O)NCC1(c2cccc(Cl)c2)CCOCC1. The van der Waals surface area contributed by atoms with Gasteiger partial charge in [0.15, 0.2) is 0 Å². The molecule has 0 aromatic heterocycles. The topological polar surface area (TPSA) is 64.4 Å². The molecule has 2 rings (SSSR count). The molecule has 1 aliphatic rings. The highest BCUT2D eigenvalue weighted by Gasteiger charge is 2.36. The van der Waals surface area contributed by atoms with Crippen molar-refractivity contribution in [2.24, 2.45) is 5.73 Å². The molecule has 1 unspecified atom stereocenters. The summed E-state index contributed by atoms with van der Waals surface area (Å²) < 4.78 is 5.52. The van der Waals surface area contributed by atoms with Gasteiger partial charge in [-0.05, 0) is 43.9 Å². The smallest absolute Gasteiger partial charge is 0.239 e. The number of nitrogens with one attached hydrogen (secondary N) is 1. The fraction of sp³-hybridized carbons (Fsp3) is 0.611. The molecule has 1 atom stereocenters. The standard InChI is InChI=1S/C18H27ClN2O2/c1-3-7-17(2,20)16(22)21-13-18(8-10-23-11-9-18)14-5-4-6-15(19)12-14/h4-6,12H,3,7-11,13,20H2,1-2H3,(H,21,22). The highest BCUT2D eigenvalue weighted by molar-refractivity contribution is 6.30. The summed E-state index contributed by atoms with van der Waals surface area (Å²) in [7, 11) is 0. The Bertz CT molecular complexity index is 540. The summed E-state index contributed by atoms with van der Waals surface area (Å²) in [5, 5.41) is 3.79. The van der Waals surface area contributed by atoms with Crippen LogP contribution in [0.25, 0.3) is 0 Å². The van der Waals surface area contributed by atoms with E-state index in [1.165, 1.54) is 0 Å². The molecule has 0 bridgehead atoms. The lowest BCUT2D eigenvalue weighted by Crippen LogP contribution is -2.55. The van der Waals surface area contributed by atoms with E-state index in [2.05, 4.69) is 11.4 Å². The number of nitrogens with two attached hydrogens (primary N) is 1. The van der Waals surface area contributed by atoms with Crippen molar-refractivity contribution in [1.82, 2.24) is 5.32 Å². The van der Waals surface area contributed by atoms with Crippen molar-refractivity contribution in [1.29, 1.82) is 0 Å². The van der Waals surface area contributed by atoms with Gasteiger partial charge in [0.2, 0.25) is 5.91 Å². The third-order valence-corrected chi connectivity index (χ3v) is 5.00. The normalized spacial score (nSPS) is 19.8. The molecule has 1 saturated heterocycles. The molecule has 0 radical (unpaired) electrons. The highest BCUT2D eigenvalue weighted by Crippen LogP contribution is 2.35. The second kappa shape index (κ2) is 7.65. The van der Waals surface area contributed by atoms with Crippen molar-refractivity contribution in [3.8, 4) is 0 Å². The van der Waals surface area contributed by atoms with E-state index in [4.69, 9.17) is 22.1 Å². The summed E-state index contributed by atoms with van der Waals surface area (Å²) >= 11 is 6.16. The van der Waals surface area contributed by atoms with Gasteiger partial charge in [-0.15, -0.1) is 0 Å². The summed E-state index contributed by atoms with van der Waals surface area (Å²) in [6.07, 6.45) is 3.28. The van der Waals surface area contributed by atoms with E-state index in [9.17, 15) is 4.79 Å². The fourth-order valence-electron chi connectivity index (χ4n) is 3.23. The lowest BCUT2D eigenvalue weighted by molar-refractivity contribution is -0.126. The van der Waals surface area contributed by atoms with Crippen LogP contribution in [0, 0.1) is 0 Å². The molecule has 0 spiro atoms. The van der Waals surface area contributed by atoms with Crippen LogP contribution in [0.3, 0.4) is 0 Å². The maximum absolute atomic E-state index is 12.4.